The molecule has 0 spiro atoms. The van der Waals surface area contributed by atoms with Crippen LogP contribution in [0, 0.1) is 0 Å². The molecule has 0 amide bonds. The standard InChI is InChI=1S/C55H38N2.C2H6/c1-35(38-27-30-48-46-21-7-6-19-44(46)45-20-8-9-22-47(45)52(48)33-38)51-34-41-31-40(28-29-43(41)55(51)56-36(2)37-15-4-3-5-16-37)39-17-14-18-42(32-39)57-53-25-12-10-23-49(53)50-24-11-13-26-54(50)57;1-2/h3-33H,2,34H2,1H3;1-2H3/b51-35+,56-55?;. The summed E-state index contributed by atoms with van der Waals surface area (Å²) in [4.78, 5) is 5.34. The Hall–Kier alpha value is -7.29. The second-order valence-corrected chi connectivity index (χ2v) is 15.2. The van der Waals surface area contributed by atoms with Crippen LogP contribution >= 0.6 is 0 Å². The summed E-state index contributed by atoms with van der Waals surface area (Å²) in [7, 11) is 0. The quantitative estimate of drug-likeness (QED) is 0.156. The second kappa shape index (κ2) is 14.9. The largest absolute Gasteiger partial charge is 0.309 e. The Kier molecular flexibility index (Phi) is 9.11. The lowest BCUT2D eigenvalue weighted by atomic mass is 9.91. The highest BCUT2D eigenvalue weighted by molar-refractivity contribution is 6.26. The first-order valence-corrected chi connectivity index (χ1v) is 20.7. The van der Waals surface area contributed by atoms with Gasteiger partial charge in [0.1, 0.15) is 0 Å². The minimum atomic E-state index is 0.766. The van der Waals surface area contributed by atoms with E-state index >= 15 is 0 Å². The van der Waals surface area contributed by atoms with Gasteiger partial charge in [-0.3, -0.25) is 0 Å². The van der Waals surface area contributed by atoms with Gasteiger partial charge in [-0.05, 0) is 109 Å². The van der Waals surface area contributed by atoms with E-state index in [-0.39, 0.29) is 0 Å². The lowest BCUT2D eigenvalue weighted by Gasteiger charge is -2.14. The van der Waals surface area contributed by atoms with Crippen molar-refractivity contribution in [2.75, 3.05) is 0 Å². The Bertz CT molecular complexity index is 3250. The van der Waals surface area contributed by atoms with Gasteiger partial charge in [-0.25, -0.2) is 4.99 Å². The molecule has 1 aliphatic rings. The molecule has 10 aromatic rings. The van der Waals surface area contributed by atoms with Gasteiger partial charge in [0.2, 0.25) is 0 Å². The molecular formula is C57H44N2. The number of fused-ring (bicyclic) bond motifs is 10. The number of hydrogen-bond donors (Lipinski definition) is 0. The lowest BCUT2D eigenvalue weighted by Crippen LogP contribution is -2.02. The van der Waals surface area contributed by atoms with Gasteiger partial charge in [0, 0.05) is 28.4 Å². The maximum Gasteiger partial charge on any atom is 0.0750 e. The summed E-state index contributed by atoms with van der Waals surface area (Å²) in [5.41, 5.74) is 14.9. The third-order valence-corrected chi connectivity index (χ3v) is 12.0. The van der Waals surface area contributed by atoms with Gasteiger partial charge in [-0.2, -0.15) is 0 Å². The highest BCUT2D eigenvalue weighted by atomic mass is 15.0. The Labute approximate surface area is 345 Å². The molecule has 0 aliphatic heterocycles. The average molecular weight is 757 g/mol. The number of hydrogen-bond acceptors (Lipinski definition) is 1. The zero-order valence-electron chi connectivity index (χ0n) is 33.7. The summed E-state index contributed by atoms with van der Waals surface area (Å²) in [6.07, 6.45) is 0.791. The SMILES string of the molecule is C=C(N=C1/C(=C(\C)c2ccc3c4ccccc4c4ccccc4c3c2)Cc2cc(-c3cccc(-n4c5ccccc5c5ccccc54)c3)ccc21)c1ccccc1.CC. The lowest BCUT2D eigenvalue weighted by molar-refractivity contribution is 1.18. The van der Waals surface area contributed by atoms with Gasteiger partial charge in [0.05, 0.1) is 22.4 Å². The van der Waals surface area contributed by atoms with Gasteiger partial charge in [-0.15, -0.1) is 0 Å². The van der Waals surface area contributed by atoms with Crippen molar-refractivity contribution in [3.05, 3.63) is 222 Å². The summed E-state index contributed by atoms with van der Waals surface area (Å²) < 4.78 is 2.39. The van der Waals surface area contributed by atoms with Crippen molar-refractivity contribution in [3.63, 3.8) is 0 Å². The molecule has 0 unspecified atom stereocenters. The first-order chi connectivity index (χ1) is 29.1. The average Bonchev–Trinajstić information content (AvgIpc) is 3.85. The van der Waals surface area contributed by atoms with Crippen LogP contribution in [0.2, 0.25) is 0 Å². The highest BCUT2D eigenvalue weighted by Crippen LogP contribution is 2.40. The maximum atomic E-state index is 5.34. The molecule has 9 aromatic carbocycles. The highest BCUT2D eigenvalue weighted by Gasteiger charge is 2.27. The fraction of sp³-hybridized carbons (Fsp3) is 0.0702. The maximum absolute atomic E-state index is 5.34. The van der Waals surface area contributed by atoms with E-state index in [2.05, 4.69) is 188 Å². The first kappa shape index (κ1) is 36.1. The zero-order valence-corrected chi connectivity index (χ0v) is 33.7. The molecule has 282 valence electrons. The number of aliphatic imine (C=N–C) groups is 1. The Morgan fingerprint density at radius 1 is 0.475 bits per heavy atom. The summed E-state index contributed by atoms with van der Waals surface area (Å²) >= 11 is 0. The van der Waals surface area contributed by atoms with Crippen LogP contribution in [0.5, 0.6) is 0 Å². The second-order valence-electron chi connectivity index (χ2n) is 15.2. The van der Waals surface area contributed by atoms with Crippen molar-refractivity contribution in [1.82, 2.24) is 4.57 Å². The molecule has 1 heterocycles. The Balaban J connectivity index is 0.00000207. The van der Waals surface area contributed by atoms with E-state index in [1.165, 1.54) is 93.1 Å². The monoisotopic (exact) mass is 756 g/mol. The van der Waals surface area contributed by atoms with Gasteiger partial charge < -0.3 is 4.57 Å². The third kappa shape index (κ3) is 6.08. The summed E-state index contributed by atoms with van der Waals surface area (Å²) in [6, 6.07) is 68.1. The number of benzene rings is 9. The summed E-state index contributed by atoms with van der Waals surface area (Å²) in [5, 5.41) is 10.2. The smallest absolute Gasteiger partial charge is 0.0750 e. The van der Waals surface area contributed by atoms with E-state index in [1.54, 1.807) is 0 Å². The van der Waals surface area contributed by atoms with E-state index < -0.39 is 0 Å². The zero-order chi connectivity index (χ0) is 40.0. The van der Waals surface area contributed by atoms with Gasteiger partial charge in [0.15, 0.2) is 0 Å². The van der Waals surface area contributed by atoms with E-state index in [9.17, 15) is 0 Å². The Morgan fingerprint density at radius 3 is 1.66 bits per heavy atom. The minimum Gasteiger partial charge on any atom is -0.309 e. The molecule has 1 aliphatic carbocycles. The van der Waals surface area contributed by atoms with Crippen LogP contribution in [0.3, 0.4) is 0 Å². The normalized spacial score (nSPS) is 13.9. The predicted molar refractivity (Wildman–Crippen MR) is 255 cm³/mol. The van der Waals surface area contributed by atoms with Crippen LogP contribution in [0.15, 0.2) is 205 Å². The van der Waals surface area contributed by atoms with Crippen molar-refractivity contribution in [2.24, 2.45) is 4.99 Å². The molecular weight excluding hydrogens is 713 g/mol. The topological polar surface area (TPSA) is 17.3 Å². The molecule has 0 saturated carbocycles. The van der Waals surface area contributed by atoms with E-state index in [1.807, 2.05) is 32.0 Å². The molecule has 1 aromatic heterocycles. The molecule has 0 saturated heterocycles. The molecule has 0 radical (unpaired) electrons. The van der Waals surface area contributed by atoms with Gasteiger partial charge >= 0.3 is 0 Å². The van der Waals surface area contributed by atoms with Crippen molar-refractivity contribution < 1.29 is 0 Å². The molecule has 0 N–H and O–H groups in total. The van der Waals surface area contributed by atoms with Crippen LogP contribution < -0.4 is 0 Å². The number of para-hydroxylation sites is 2. The van der Waals surface area contributed by atoms with E-state index in [4.69, 9.17) is 4.99 Å². The van der Waals surface area contributed by atoms with Crippen LogP contribution in [-0.4, -0.2) is 10.3 Å². The summed E-state index contributed by atoms with van der Waals surface area (Å²) in [5.74, 6) is 0. The van der Waals surface area contributed by atoms with E-state index in [0.29, 0.717) is 0 Å². The van der Waals surface area contributed by atoms with Gasteiger partial charge in [0.25, 0.3) is 0 Å². The fourth-order valence-electron chi connectivity index (χ4n) is 9.20. The first-order valence-electron chi connectivity index (χ1n) is 20.7. The van der Waals surface area contributed by atoms with Crippen molar-refractivity contribution in [1.29, 1.82) is 0 Å². The molecule has 0 bridgehead atoms. The summed E-state index contributed by atoms with van der Waals surface area (Å²) in [6.45, 7) is 10.7. The number of aromatic nitrogens is 1. The predicted octanol–water partition coefficient (Wildman–Crippen LogP) is 15.4. The molecule has 11 rings (SSSR count). The van der Waals surface area contributed by atoms with Crippen LogP contribution in [0.1, 0.15) is 43.0 Å². The van der Waals surface area contributed by atoms with Crippen LogP contribution in [0.4, 0.5) is 0 Å². The molecule has 0 atom stereocenters. The fourth-order valence-corrected chi connectivity index (χ4v) is 9.20. The van der Waals surface area contributed by atoms with Crippen molar-refractivity contribution in [2.45, 2.75) is 27.2 Å². The van der Waals surface area contributed by atoms with Crippen LogP contribution in [0.25, 0.3) is 82.2 Å². The minimum absolute atomic E-state index is 0.766. The molecule has 2 heteroatoms. The Morgan fingerprint density at radius 2 is 1.02 bits per heavy atom. The van der Waals surface area contributed by atoms with E-state index in [0.717, 1.165) is 29.1 Å². The third-order valence-electron chi connectivity index (χ3n) is 12.0. The number of rotatable bonds is 5. The van der Waals surface area contributed by atoms with Crippen molar-refractivity contribution >= 4 is 71.1 Å². The molecule has 59 heavy (non-hydrogen) atoms. The molecule has 0 fully saturated rings. The number of allylic oxidation sites excluding steroid dienone is 2. The number of nitrogens with zero attached hydrogens (tertiary/aromatic N) is 2. The van der Waals surface area contributed by atoms with Crippen molar-refractivity contribution in [3.8, 4) is 16.8 Å². The van der Waals surface area contributed by atoms with Gasteiger partial charge in [-0.1, -0.05) is 178 Å². The molecule has 2 nitrogen and oxygen atoms in total. The van der Waals surface area contributed by atoms with Crippen LogP contribution in [-0.2, 0) is 6.42 Å².